The van der Waals surface area contributed by atoms with Crippen molar-refractivity contribution in [2.24, 2.45) is 17.6 Å². The quantitative estimate of drug-likeness (QED) is 0.282. The van der Waals surface area contributed by atoms with Crippen molar-refractivity contribution >= 4 is 23.7 Å². The number of carbonyl (C=O) groups is 4. The SMILES string of the molecule is CC(=O)NCCCC[C@H](NC(=O)[C@H](CC(C)C)NC(=O)[C@H](N)C(C)C)C(=O)O. The summed E-state index contributed by atoms with van der Waals surface area (Å²) in [5, 5.41) is 17.2. The van der Waals surface area contributed by atoms with Crippen molar-refractivity contribution < 1.29 is 24.3 Å². The molecular formula is C19H36N4O5. The largest absolute Gasteiger partial charge is 0.480 e. The van der Waals surface area contributed by atoms with Gasteiger partial charge in [-0.1, -0.05) is 27.7 Å². The van der Waals surface area contributed by atoms with E-state index in [2.05, 4.69) is 16.0 Å². The number of unbranched alkanes of at least 4 members (excludes halogenated alkanes) is 1. The van der Waals surface area contributed by atoms with Gasteiger partial charge < -0.3 is 26.8 Å². The Bertz CT molecular complexity index is 536. The Morgan fingerprint density at radius 1 is 0.929 bits per heavy atom. The number of nitrogens with two attached hydrogens (primary N) is 1. The summed E-state index contributed by atoms with van der Waals surface area (Å²) in [5.74, 6) is -2.22. The second kappa shape index (κ2) is 13.1. The van der Waals surface area contributed by atoms with Crippen LogP contribution in [-0.2, 0) is 19.2 Å². The van der Waals surface area contributed by atoms with E-state index in [1.54, 1.807) is 0 Å². The molecule has 0 aromatic carbocycles. The van der Waals surface area contributed by atoms with Gasteiger partial charge in [-0.05, 0) is 37.5 Å². The fraction of sp³-hybridized carbons (Fsp3) is 0.789. The molecule has 3 amide bonds. The Labute approximate surface area is 167 Å². The topological polar surface area (TPSA) is 151 Å². The van der Waals surface area contributed by atoms with Crippen LogP contribution in [0.2, 0.25) is 0 Å². The maximum Gasteiger partial charge on any atom is 0.326 e. The minimum atomic E-state index is -1.14. The first kappa shape index (κ1) is 25.8. The summed E-state index contributed by atoms with van der Waals surface area (Å²) in [4.78, 5) is 47.2. The van der Waals surface area contributed by atoms with Gasteiger partial charge in [0.25, 0.3) is 0 Å². The van der Waals surface area contributed by atoms with Crippen LogP contribution in [0, 0.1) is 11.8 Å². The monoisotopic (exact) mass is 400 g/mol. The highest BCUT2D eigenvalue weighted by Crippen LogP contribution is 2.09. The van der Waals surface area contributed by atoms with E-state index in [0.29, 0.717) is 25.8 Å². The van der Waals surface area contributed by atoms with E-state index < -0.39 is 35.9 Å². The normalized spacial score (nSPS) is 14.3. The predicted octanol–water partition coefficient (Wildman–Crippen LogP) is 0.376. The van der Waals surface area contributed by atoms with Crippen LogP contribution in [0.4, 0.5) is 0 Å². The Hall–Kier alpha value is -2.16. The molecule has 0 aliphatic rings. The van der Waals surface area contributed by atoms with E-state index in [4.69, 9.17) is 5.73 Å². The zero-order valence-corrected chi connectivity index (χ0v) is 17.6. The second-order valence-electron chi connectivity index (χ2n) is 7.84. The molecule has 6 N–H and O–H groups in total. The Morgan fingerprint density at radius 3 is 1.96 bits per heavy atom. The lowest BCUT2D eigenvalue weighted by molar-refractivity contribution is -0.142. The van der Waals surface area contributed by atoms with Gasteiger partial charge in [-0.15, -0.1) is 0 Å². The highest BCUT2D eigenvalue weighted by atomic mass is 16.4. The van der Waals surface area contributed by atoms with Crippen LogP contribution in [0.15, 0.2) is 0 Å². The van der Waals surface area contributed by atoms with Gasteiger partial charge in [0.2, 0.25) is 17.7 Å². The van der Waals surface area contributed by atoms with Crippen molar-refractivity contribution in [1.29, 1.82) is 0 Å². The van der Waals surface area contributed by atoms with Gasteiger partial charge in [0.05, 0.1) is 6.04 Å². The number of hydrogen-bond acceptors (Lipinski definition) is 5. The van der Waals surface area contributed by atoms with Crippen molar-refractivity contribution in [2.45, 2.75) is 78.4 Å². The lowest BCUT2D eigenvalue weighted by Crippen LogP contribution is -2.55. The molecular weight excluding hydrogens is 364 g/mol. The van der Waals surface area contributed by atoms with Crippen LogP contribution in [0.5, 0.6) is 0 Å². The summed E-state index contributed by atoms with van der Waals surface area (Å²) in [6.45, 7) is 9.30. The van der Waals surface area contributed by atoms with Crippen LogP contribution < -0.4 is 21.7 Å². The average molecular weight is 401 g/mol. The van der Waals surface area contributed by atoms with Crippen molar-refractivity contribution in [3.63, 3.8) is 0 Å². The molecule has 0 aromatic rings. The first-order valence-corrected chi connectivity index (χ1v) is 9.79. The number of aliphatic carboxylic acids is 1. The summed E-state index contributed by atoms with van der Waals surface area (Å²) in [5.41, 5.74) is 5.84. The summed E-state index contributed by atoms with van der Waals surface area (Å²) in [6.07, 6.45) is 1.73. The Morgan fingerprint density at radius 2 is 1.50 bits per heavy atom. The average Bonchev–Trinajstić information content (AvgIpc) is 2.57. The molecule has 0 spiro atoms. The molecule has 0 unspecified atom stereocenters. The van der Waals surface area contributed by atoms with E-state index in [1.165, 1.54) is 6.92 Å². The highest BCUT2D eigenvalue weighted by molar-refractivity contribution is 5.91. The number of hydrogen-bond donors (Lipinski definition) is 5. The first-order chi connectivity index (χ1) is 13.0. The molecule has 0 saturated heterocycles. The molecule has 0 heterocycles. The van der Waals surface area contributed by atoms with Gasteiger partial charge in [-0.25, -0.2) is 4.79 Å². The van der Waals surface area contributed by atoms with Gasteiger partial charge in [-0.2, -0.15) is 0 Å². The number of carboxylic acid groups (broad SMARTS) is 1. The molecule has 9 heteroatoms. The summed E-state index contributed by atoms with van der Waals surface area (Å²) in [7, 11) is 0. The fourth-order valence-electron chi connectivity index (χ4n) is 2.54. The number of rotatable bonds is 13. The summed E-state index contributed by atoms with van der Waals surface area (Å²) in [6, 6.07) is -2.65. The van der Waals surface area contributed by atoms with E-state index in [9.17, 15) is 24.3 Å². The summed E-state index contributed by atoms with van der Waals surface area (Å²) >= 11 is 0. The van der Waals surface area contributed by atoms with Crippen LogP contribution in [0.3, 0.4) is 0 Å². The molecule has 0 saturated carbocycles. The number of carbonyl (C=O) groups excluding carboxylic acids is 3. The Kier molecular flexibility index (Phi) is 12.1. The molecule has 0 bridgehead atoms. The van der Waals surface area contributed by atoms with Crippen LogP contribution in [0.25, 0.3) is 0 Å². The third-order valence-corrected chi connectivity index (χ3v) is 4.27. The standard InChI is InChI=1S/C19H36N4O5/c1-11(2)10-15(23-18(26)16(20)12(3)4)17(25)22-14(19(27)28)8-6-7-9-21-13(5)24/h11-12,14-16H,6-10,20H2,1-5H3,(H,21,24)(H,22,25)(H,23,26)(H,27,28)/t14-,15-,16+/m0/s1. The zero-order chi connectivity index (χ0) is 21.9. The summed E-state index contributed by atoms with van der Waals surface area (Å²) < 4.78 is 0. The van der Waals surface area contributed by atoms with Crippen molar-refractivity contribution in [1.82, 2.24) is 16.0 Å². The Balaban J connectivity index is 4.86. The van der Waals surface area contributed by atoms with Gasteiger partial charge in [0, 0.05) is 13.5 Å². The van der Waals surface area contributed by atoms with Crippen molar-refractivity contribution in [3.8, 4) is 0 Å². The molecule has 28 heavy (non-hydrogen) atoms. The predicted molar refractivity (Wildman–Crippen MR) is 106 cm³/mol. The number of amides is 3. The maximum absolute atomic E-state index is 12.6. The fourth-order valence-corrected chi connectivity index (χ4v) is 2.54. The van der Waals surface area contributed by atoms with Gasteiger partial charge in [0.15, 0.2) is 0 Å². The molecule has 9 nitrogen and oxygen atoms in total. The van der Waals surface area contributed by atoms with Crippen LogP contribution in [-0.4, -0.2) is 53.5 Å². The lowest BCUT2D eigenvalue weighted by Gasteiger charge is -2.25. The van der Waals surface area contributed by atoms with Crippen molar-refractivity contribution in [2.75, 3.05) is 6.54 Å². The molecule has 0 fully saturated rings. The molecule has 0 radical (unpaired) electrons. The minimum Gasteiger partial charge on any atom is -0.480 e. The van der Waals surface area contributed by atoms with Crippen LogP contribution >= 0.6 is 0 Å². The molecule has 162 valence electrons. The number of nitrogens with one attached hydrogen (secondary N) is 3. The van der Waals surface area contributed by atoms with Gasteiger partial charge >= 0.3 is 5.97 Å². The third-order valence-electron chi connectivity index (χ3n) is 4.27. The lowest BCUT2D eigenvalue weighted by atomic mass is 10.00. The van der Waals surface area contributed by atoms with Crippen molar-refractivity contribution in [3.05, 3.63) is 0 Å². The smallest absolute Gasteiger partial charge is 0.326 e. The first-order valence-electron chi connectivity index (χ1n) is 9.79. The highest BCUT2D eigenvalue weighted by Gasteiger charge is 2.28. The molecule has 3 atom stereocenters. The minimum absolute atomic E-state index is 0.0851. The van der Waals surface area contributed by atoms with E-state index in [0.717, 1.165) is 0 Å². The van der Waals surface area contributed by atoms with Gasteiger partial charge in [0.1, 0.15) is 12.1 Å². The second-order valence-corrected chi connectivity index (χ2v) is 7.84. The molecule has 0 aliphatic carbocycles. The zero-order valence-electron chi connectivity index (χ0n) is 17.6. The number of carboxylic acids is 1. The van der Waals surface area contributed by atoms with E-state index >= 15 is 0 Å². The van der Waals surface area contributed by atoms with E-state index in [1.807, 2.05) is 27.7 Å². The van der Waals surface area contributed by atoms with Crippen LogP contribution in [0.1, 0.15) is 60.3 Å². The van der Waals surface area contributed by atoms with E-state index in [-0.39, 0.29) is 24.2 Å². The molecule has 0 aromatic heterocycles. The molecule has 0 aliphatic heterocycles. The molecule has 0 rings (SSSR count). The third kappa shape index (κ3) is 10.9. The maximum atomic E-state index is 12.6. The van der Waals surface area contributed by atoms with Gasteiger partial charge in [-0.3, -0.25) is 14.4 Å².